The van der Waals surface area contributed by atoms with Crippen LogP contribution in [0.25, 0.3) is 0 Å². The Labute approximate surface area is 114 Å². The van der Waals surface area contributed by atoms with E-state index in [1.807, 2.05) is 11.4 Å². The molecule has 2 heterocycles. The van der Waals surface area contributed by atoms with Crippen LogP contribution in [0.4, 0.5) is 0 Å². The molecule has 1 aliphatic rings. The molecule has 1 atom stereocenters. The average molecular weight is 318 g/mol. The molecule has 17 heavy (non-hydrogen) atoms. The number of hydrogen-bond acceptors (Lipinski definition) is 4. The first-order valence-electron chi connectivity index (χ1n) is 5.80. The second-order valence-corrected chi connectivity index (χ2v) is 6.19. The Morgan fingerprint density at radius 1 is 1.65 bits per heavy atom. The fourth-order valence-electron chi connectivity index (χ4n) is 2.24. The van der Waals surface area contributed by atoms with E-state index in [-0.39, 0.29) is 12.4 Å². The second-order valence-electron chi connectivity index (χ2n) is 4.42. The molecular formula is C12H16BrNO2S. The summed E-state index contributed by atoms with van der Waals surface area (Å²) < 4.78 is 0.901. The van der Waals surface area contributed by atoms with Crippen LogP contribution < -0.4 is 0 Å². The molecule has 1 aromatic rings. The summed E-state index contributed by atoms with van der Waals surface area (Å²) in [4.78, 5) is 15.0. The highest BCUT2D eigenvalue weighted by molar-refractivity contribution is 9.10. The Bertz CT molecular complexity index is 394. The fraction of sp³-hybridized carbons (Fsp3) is 0.583. The second kappa shape index (κ2) is 6.09. The minimum Gasteiger partial charge on any atom is -0.396 e. The molecule has 1 aromatic heterocycles. The first-order valence-corrected chi connectivity index (χ1v) is 7.47. The van der Waals surface area contributed by atoms with Crippen LogP contribution in [-0.2, 0) is 0 Å². The molecule has 0 aromatic carbocycles. The fourth-order valence-corrected chi connectivity index (χ4v) is 3.77. The molecule has 94 valence electrons. The number of nitrogens with zero attached hydrogens (tertiary/aromatic N) is 1. The summed E-state index contributed by atoms with van der Waals surface area (Å²) in [5.74, 6) is 0.746. The highest BCUT2D eigenvalue weighted by Crippen LogP contribution is 2.25. The lowest BCUT2D eigenvalue weighted by Gasteiger charge is -2.14. The van der Waals surface area contributed by atoms with E-state index in [0.717, 1.165) is 35.3 Å². The zero-order chi connectivity index (χ0) is 12.3. The first kappa shape index (κ1) is 13.2. The van der Waals surface area contributed by atoms with Crippen LogP contribution in [0.15, 0.2) is 15.9 Å². The summed E-state index contributed by atoms with van der Waals surface area (Å²) in [6.45, 7) is 2.67. The number of aliphatic hydroxyl groups is 1. The van der Waals surface area contributed by atoms with E-state index < -0.39 is 0 Å². The van der Waals surface area contributed by atoms with Crippen LogP contribution in [0.5, 0.6) is 0 Å². The zero-order valence-electron chi connectivity index (χ0n) is 9.56. The molecule has 1 aliphatic heterocycles. The van der Waals surface area contributed by atoms with Gasteiger partial charge in [0.2, 0.25) is 0 Å². The minimum absolute atomic E-state index is 0.191. The summed E-state index contributed by atoms with van der Waals surface area (Å²) in [6.07, 6.45) is 1.95. The number of halogens is 1. The molecule has 0 saturated carbocycles. The summed E-state index contributed by atoms with van der Waals surface area (Å²) in [6, 6.07) is 1.91. The van der Waals surface area contributed by atoms with Gasteiger partial charge in [0.25, 0.3) is 0 Å². The third kappa shape index (κ3) is 3.37. The lowest BCUT2D eigenvalue weighted by atomic mass is 10.1. The monoisotopic (exact) mass is 317 g/mol. The number of hydrogen-bond donors (Lipinski definition) is 1. The molecule has 1 N–H and O–H groups in total. The number of carbonyl (C=O) groups excluding carboxylic acids is 1. The number of rotatable bonds is 5. The van der Waals surface area contributed by atoms with Gasteiger partial charge in [0, 0.05) is 17.6 Å². The predicted molar refractivity (Wildman–Crippen MR) is 72.6 cm³/mol. The number of ketones is 1. The van der Waals surface area contributed by atoms with Gasteiger partial charge in [-0.3, -0.25) is 9.69 Å². The Kier molecular flexibility index (Phi) is 4.73. The third-order valence-corrected chi connectivity index (χ3v) is 5.02. The van der Waals surface area contributed by atoms with E-state index in [2.05, 4.69) is 20.8 Å². The number of likely N-dealkylation sites (tertiary alicyclic amines) is 1. The van der Waals surface area contributed by atoms with Gasteiger partial charge in [-0.15, -0.1) is 11.3 Å². The molecule has 3 nitrogen and oxygen atoms in total. The van der Waals surface area contributed by atoms with Gasteiger partial charge in [-0.25, -0.2) is 0 Å². The third-order valence-electron chi connectivity index (χ3n) is 3.14. The van der Waals surface area contributed by atoms with Gasteiger partial charge in [0.15, 0.2) is 5.78 Å². The molecular weight excluding hydrogens is 302 g/mol. The van der Waals surface area contributed by atoms with Gasteiger partial charge in [-0.1, -0.05) is 0 Å². The van der Waals surface area contributed by atoms with Crippen LogP contribution >= 0.6 is 27.3 Å². The van der Waals surface area contributed by atoms with Crippen molar-refractivity contribution in [3.63, 3.8) is 0 Å². The van der Waals surface area contributed by atoms with Crippen molar-refractivity contribution in [3.8, 4) is 0 Å². The van der Waals surface area contributed by atoms with Gasteiger partial charge in [-0.05, 0) is 52.7 Å². The maximum Gasteiger partial charge on any atom is 0.187 e. The molecule has 0 amide bonds. The molecule has 0 spiro atoms. The van der Waals surface area contributed by atoms with E-state index in [0.29, 0.717) is 12.5 Å². The molecule has 0 radical (unpaired) electrons. The van der Waals surface area contributed by atoms with Gasteiger partial charge in [0.05, 0.1) is 11.4 Å². The van der Waals surface area contributed by atoms with Crippen molar-refractivity contribution in [2.24, 2.45) is 5.92 Å². The Morgan fingerprint density at radius 2 is 2.47 bits per heavy atom. The van der Waals surface area contributed by atoms with Crippen molar-refractivity contribution in [3.05, 3.63) is 20.8 Å². The smallest absolute Gasteiger partial charge is 0.187 e. The van der Waals surface area contributed by atoms with Gasteiger partial charge in [-0.2, -0.15) is 0 Å². The lowest BCUT2D eigenvalue weighted by molar-refractivity contribution is 0.0946. The van der Waals surface area contributed by atoms with Crippen LogP contribution in [-0.4, -0.2) is 42.0 Å². The number of carbonyl (C=O) groups is 1. The summed E-state index contributed by atoms with van der Waals surface area (Å²) >= 11 is 4.88. The average Bonchev–Trinajstić information content (AvgIpc) is 2.88. The Hall–Kier alpha value is -0.230. The Morgan fingerprint density at radius 3 is 3.12 bits per heavy atom. The molecule has 1 unspecified atom stereocenters. The number of aliphatic hydroxyl groups excluding tert-OH is 1. The van der Waals surface area contributed by atoms with Crippen LogP contribution in [0, 0.1) is 5.92 Å². The highest BCUT2D eigenvalue weighted by atomic mass is 79.9. The van der Waals surface area contributed by atoms with E-state index in [9.17, 15) is 4.79 Å². The van der Waals surface area contributed by atoms with Crippen LogP contribution in [0.3, 0.4) is 0 Å². The molecule has 2 rings (SSSR count). The van der Waals surface area contributed by atoms with E-state index >= 15 is 0 Å². The SMILES string of the molecule is O=C(CN1CCC(CCO)C1)c1sccc1Br. The summed E-state index contributed by atoms with van der Waals surface area (Å²) in [7, 11) is 0. The largest absolute Gasteiger partial charge is 0.396 e. The normalized spacial score (nSPS) is 20.9. The maximum atomic E-state index is 12.0. The van der Waals surface area contributed by atoms with Crippen LogP contribution in [0.1, 0.15) is 22.5 Å². The maximum absolute atomic E-state index is 12.0. The standard InChI is InChI=1S/C12H16BrNO2S/c13-10-3-6-17-12(10)11(16)8-14-4-1-9(7-14)2-5-15/h3,6,9,15H,1-2,4-5,7-8H2. The van der Waals surface area contributed by atoms with E-state index in [1.165, 1.54) is 11.3 Å². The first-order chi connectivity index (χ1) is 8.20. The topological polar surface area (TPSA) is 40.5 Å². The molecule has 1 fully saturated rings. The van der Waals surface area contributed by atoms with Crippen molar-refractivity contribution in [2.45, 2.75) is 12.8 Å². The molecule has 0 aliphatic carbocycles. The van der Waals surface area contributed by atoms with Gasteiger partial charge >= 0.3 is 0 Å². The van der Waals surface area contributed by atoms with Crippen LogP contribution in [0.2, 0.25) is 0 Å². The van der Waals surface area contributed by atoms with Crippen molar-refractivity contribution >= 4 is 33.0 Å². The van der Waals surface area contributed by atoms with Gasteiger partial charge in [0.1, 0.15) is 0 Å². The quantitative estimate of drug-likeness (QED) is 0.848. The summed E-state index contributed by atoms with van der Waals surface area (Å²) in [5.41, 5.74) is 0. The number of Topliss-reactive ketones (excluding diaryl/α,β-unsaturated/α-hetero) is 1. The molecule has 5 heteroatoms. The number of thiophene rings is 1. The highest BCUT2D eigenvalue weighted by Gasteiger charge is 2.24. The van der Waals surface area contributed by atoms with Crippen molar-refractivity contribution in [1.29, 1.82) is 0 Å². The zero-order valence-corrected chi connectivity index (χ0v) is 12.0. The Balaban J connectivity index is 1.86. The van der Waals surface area contributed by atoms with Crippen molar-refractivity contribution < 1.29 is 9.90 Å². The van der Waals surface area contributed by atoms with Gasteiger partial charge < -0.3 is 5.11 Å². The lowest BCUT2D eigenvalue weighted by Crippen LogP contribution is -2.27. The predicted octanol–water partition coefficient (Wildman–Crippen LogP) is 2.40. The van der Waals surface area contributed by atoms with Crippen molar-refractivity contribution in [1.82, 2.24) is 4.90 Å². The van der Waals surface area contributed by atoms with E-state index in [4.69, 9.17) is 5.11 Å². The summed E-state index contributed by atoms with van der Waals surface area (Å²) in [5, 5.41) is 10.8. The molecule has 1 saturated heterocycles. The molecule has 0 bridgehead atoms. The minimum atomic E-state index is 0.191. The van der Waals surface area contributed by atoms with Crippen molar-refractivity contribution in [2.75, 3.05) is 26.2 Å². The van der Waals surface area contributed by atoms with E-state index in [1.54, 1.807) is 0 Å².